The average molecular weight is 388 g/mol. The maximum Gasteiger partial charge on any atom is 0.242 e. The van der Waals surface area contributed by atoms with Gasteiger partial charge in [-0.3, -0.25) is 9.59 Å². The third-order valence-corrected chi connectivity index (χ3v) is 5.34. The van der Waals surface area contributed by atoms with Crippen LogP contribution < -0.4 is 10.2 Å². The summed E-state index contributed by atoms with van der Waals surface area (Å²) >= 11 is 0. The van der Waals surface area contributed by atoms with Crippen molar-refractivity contribution in [2.24, 2.45) is 0 Å². The summed E-state index contributed by atoms with van der Waals surface area (Å²) in [4.78, 5) is 27.1. The van der Waals surface area contributed by atoms with Crippen LogP contribution in [0.15, 0.2) is 71.7 Å². The van der Waals surface area contributed by atoms with Gasteiger partial charge in [0.2, 0.25) is 11.3 Å². The molecule has 1 aromatic heterocycles. The van der Waals surface area contributed by atoms with E-state index in [2.05, 4.69) is 12.1 Å². The molecule has 5 heteroatoms. The number of aromatic nitrogens is 1. The summed E-state index contributed by atoms with van der Waals surface area (Å²) in [7, 11) is 0. The van der Waals surface area contributed by atoms with Gasteiger partial charge >= 0.3 is 0 Å². The Morgan fingerprint density at radius 1 is 1.03 bits per heavy atom. The van der Waals surface area contributed by atoms with E-state index in [4.69, 9.17) is 4.74 Å². The van der Waals surface area contributed by atoms with E-state index in [1.54, 1.807) is 10.8 Å². The Bertz CT molecular complexity index is 1070. The van der Waals surface area contributed by atoms with Gasteiger partial charge in [0.05, 0.1) is 6.20 Å². The number of carbonyl (C=O) groups is 1. The third kappa shape index (κ3) is 4.40. The van der Waals surface area contributed by atoms with Crippen molar-refractivity contribution in [1.29, 1.82) is 0 Å². The molecule has 4 rings (SSSR count). The van der Waals surface area contributed by atoms with E-state index in [0.717, 1.165) is 17.7 Å². The highest BCUT2D eigenvalue weighted by Gasteiger charge is 2.21. The number of amides is 1. The SMILES string of the molecule is Cc1cc(=O)c(OCc2ccccc2)cn1CC(=O)N1CCc2ccccc2C1. The molecule has 148 valence electrons. The molecule has 3 aromatic rings. The van der Waals surface area contributed by atoms with E-state index in [9.17, 15) is 9.59 Å². The van der Waals surface area contributed by atoms with Crippen molar-refractivity contribution >= 4 is 5.91 Å². The summed E-state index contributed by atoms with van der Waals surface area (Å²) in [6.45, 7) is 3.69. The van der Waals surface area contributed by atoms with Crippen LogP contribution in [0.3, 0.4) is 0 Å². The Labute approximate surface area is 170 Å². The minimum absolute atomic E-state index is 0.0419. The first kappa shape index (κ1) is 19.0. The maximum absolute atomic E-state index is 12.9. The molecule has 2 heterocycles. The first-order chi connectivity index (χ1) is 14.1. The summed E-state index contributed by atoms with van der Waals surface area (Å²) in [6.07, 6.45) is 2.52. The van der Waals surface area contributed by atoms with Gasteiger partial charge < -0.3 is 14.2 Å². The van der Waals surface area contributed by atoms with Gasteiger partial charge in [-0.25, -0.2) is 0 Å². The van der Waals surface area contributed by atoms with Crippen molar-refractivity contribution in [3.63, 3.8) is 0 Å². The summed E-state index contributed by atoms with van der Waals surface area (Å²) in [5.74, 6) is 0.302. The third-order valence-electron chi connectivity index (χ3n) is 5.34. The molecule has 29 heavy (non-hydrogen) atoms. The number of rotatable bonds is 5. The van der Waals surface area contributed by atoms with Gasteiger partial charge in [-0.05, 0) is 30.0 Å². The number of carbonyl (C=O) groups excluding carboxylic acids is 1. The highest BCUT2D eigenvalue weighted by Crippen LogP contribution is 2.19. The highest BCUT2D eigenvalue weighted by atomic mass is 16.5. The minimum Gasteiger partial charge on any atom is -0.483 e. The van der Waals surface area contributed by atoms with Crippen LogP contribution in [0.2, 0.25) is 0 Å². The topological polar surface area (TPSA) is 51.5 Å². The summed E-state index contributed by atoms with van der Waals surface area (Å²) < 4.78 is 7.53. The molecule has 0 aliphatic carbocycles. The van der Waals surface area contributed by atoms with Crippen LogP contribution in [0.5, 0.6) is 5.75 Å². The molecule has 0 spiro atoms. The maximum atomic E-state index is 12.9. The second-order valence-electron chi connectivity index (χ2n) is 7.38. The van der Waals surface area contributed by atoms with Crippen molar-refractivity contribution in [1.82, 2.24) is 9.47 Å². The molecule has 0 fully saturated rings. The zero-order valence-corrected chi connectivity index (χ0v) is 16.5. The number of ether oxygens (including phenoxy) is 1. The molecule has 0 atom stereocenters. The van der Waals surface area contributed by atoms with E-state index in [1.807, 2.05) is 54.3 Å². The van der Waals surface area contributed by atoms with Crippen molar-refractivity contribution in [3.05, 3.63) is 99.5 Å². The molecule has 1 aliphatic heterocycles. The van der Waals surface area contributed by atoms with Crippen LogP contribution in [-0.2, 0) is 30.9 Å². The number of aryl methyl sites for hydroxylation is 1. The van der Waals surface area contributed by atoms with Crippen molar-refractivity contribution in [2.75, 3.05) is 6.54 Å². The number of benzene rings is 2. The quantitative estimate of drug-likeness (QED) is 0.674. The molecule has 0 bridgehead atoms. The number of pyridine rings is 1. The molecule has 5 nitrogen and oxygen atoms in total. The fourth-order valence-corrected chi connectivity index (χ4v) is 3.62. The molecule has 0 saturated carbocycles. The predicted molar refractivity (Wildman–Crippen MR) is 112 cm³/mol. The van der Waals surface area contributed by atoms with Gasteiger partial charge in [-0.2, -0.15) is 0 Å². The lowest BCUT2D eigenvalue weighted by Gasteiger charge is -2.29. The van der Waals surface area contributed by atoms with Crippen LogP contribution in [0.1, 0.15) is 22.4 Å². The Kier molecular flexibility index (Phi) is 5.47. The summed E-state index contributed by atoms with van der Waals surface area (Å²) in [5.41, 5.74) is 4.08. The van der Waals surface area contributed by atoms with Crippen LogP contribution in [0, 0.1) is 6.92 Å². The molecular weight excluding hydrogens is 364 g/mol. The van der Waals surface area contributed by atoms with E-state index in [-0.39, 0.29) is 23.6 Å². The fraction of sp³-hybridized carbons (Fsp3) is 0.250. The van der Waals surface area contributed by atoms with E-state index in [0.29, 0.717) is 19.7 Å². The average Bonchev–Trinajstić information content (AvgIpc) is 2.75. The lowest BCUT2D eigenvalue weighted by atomic mass is 10.00. The van der Waals surface area contributed by atoms with Crippen LogP contribution in [0.4, 0.5) is 0 Å². The van der Waals surface area contributed by atoms with E-state index < -0.39 is 0 Å². The van der Waals surface area contributed by atoms with Gasteiger partial charge in [0.1, 0.15) is 13.2 Å². The van der Waals surface area contributed by atoms with Crippen molar-refractivity contribution in [2.45, 2.75) is 33.0 Å². The molecular formula is C24H24N2O3. The number of hydrogen-bond donors (Lipinski definition) is 0. The first-order valence-corrected chi connectivity index (χ1v) is 9.82. The van der Waals surface area contributed by atoms with Gasteiger partial charge in [0, 0.05) is 24.8 Å². The van der Waals surface area contributed by atoms with Gasteiger partial charge in [0.25, 0.3) is 0 Å². The lowest BCUT2D eigenvalue weighted by molar-refractivity contribution is -0.132. The molecule has 1 amide bonds. The van der Waals surface area contributed by atoms with Gasteiger partial charge in [-0.1, -0.05) is 54.6 Å². The normalized spacial score (nSPS) is 13.1. The zero-order chi connectivity index (χ0) is 20.2. The largest absolute Gasteiger partial charge is 0.483 e. The van der Waals surface area contributed by atoms with E-state index >= 15 is 0 Å². The minimum atomic E-state index is -0.172. The lowest BCUT2D eigenvalue weighted by Crippen LogP contribution is -2.38. The predicted octanol–water partition coefficient (Wildman–Crippen LogP) is 3.32. The Morgan fingerprint density at radius 3 is 2.55 bits per heavy atom. The molecule has 0 saturated heterocycles. The van der Waals surface area contributed by atoms with Crippen molar-refractivity contribution < 1.29 is 9.53 Å². The highest BCUT2D eigenvalue weighted by molar-refractivity contribution is 5.76. The number of nitrogens with zero attached hydrogens (tertiary/aromatic N) is 2. The van der Waals surface area contributed by atoms with E-state index in [1.165, 1.54) is 17.2 Å². The Hall–Kier alpha value is -3.34. The summed E-state index contributed by atoms with van der Waals surface area (Å²) in [5, 5.41) is 0. The smallest absolute Gasteiger partial charge is 0.242 e. The number of hydrogen-bond acceptors (Lipinski definition) is 3. The van der Waals surface area contributed by atoms with Gasteiger partial charge in [-0.15, -0.1) is 0 Å². The first-order valence-electron chi connectivity index (χ1n) is 9.82. The van der Waals surface area contributed by atoms with Crippen molar-refractivity contribution in [3.8, 4) is 5.75 Å². The second-order valence-corrected chi connectivity index (χ2v) is 7.38. The molecule has 2 aromatic carbocycles. The number of fused-ring (bicyclic) bond motifs is 1. The van der Waals surface area contributed by atoms with Crippen LogP contribution in [-0.4, -0.2) is 21.9 Å². The Morgan fingerprint density at radius 2 is 1.76 bits per heavy atom. The molecule has 1 aliphatic rings. The Balaban J connectivity index is 1.47. The zero-order valence-electron chi connectivity index (χ0n) is 16.5. The van der Waals surface area contributed by atoms with Crippen LogP contribution in [0.25, 0.3) is 0 Å². The fourth-order valence-electron chi connectivity index (χ4n) is 3.62. The standard InChI is InChI=1S/C24H24N2O3/c1-18-13-22(27)23(29-17-19-7-3-2-4-8-19)15-26(18)16-24(28)25-12-11-20-9-5-6-10-21(20)14-25/h2-10,13,15H,11-12,14,16-17H2,1H3. The van der Waals surface area contributed by atoms with Gasteiger partial charge in [0.15, 0.2) is 5.75 Å². The van der Waals surface area contributed by atoms with Crippen LogP contribution >= 0.6 is 0 Å². The second kappa shape index (κ2) is 8.35. The summed E-state index contributed by atoms with van der Waals surface area (Å²) in [6, 6.07) is 19.5. The monoisotopic (exact) mass is 388 g/mol. The molecule has 0 N–H and O–H groups in total. The molecule has 0 radical (unpaired) electrons. The molecule has 0 unspecified atom stereocenters.